The number of aromatic nitrogens is 3. The van der Waals surface area contributed by atoms with Crippen molar-refractivity contribution in [2.75, 3.05) is 105 Å². The Hall–Kier alpha value is -7.57. The molecule has 8 amide bonds. The van der Waals surface area contributed by atoms with Crippen molar-refractivity contribution in [3.8, 4) is 0 Å². The van der Waals surface area contributed by atoms with Crippen LogP contribution in [0.4, 0.5) is 15.3 Å². The van der Waals surface area contributed by atoms with E-state index in [1.54, 1.807) is 56.1 Å². The van der Waals surface area contributed by atoms with Crippen LogP contribution in [0, 0.1) is 23.7 Å². The average Bonchev–Trinajstić information content (AvgIpc) is 1.57. The number of carbonyl (C=O) groups is 9. The topological polar surface area (TPSA) is 451 Å². The third kappa shape index (κ3) is 25.8. The second-order valence-corrected chi connectivity index (χ2v) is 33.0. The van der Waals surface area contributed by atoms with E-state index in [0.29, 0.717) is 87.5 Å². The summed E-state index contributed by atoms with van der Waals surface area (Å²) in [4.78, 5) is 120. The third-order valence-corrected chi connectivity index (χ3v) is 23.9. The molecule has 10 aliphatic rings. The van der Waals surface area contributed by atoms with Crippen LogP contribution in [0.15, 0.2) is 54.8 Å². The number of alkyl carbamates (subject to hydrolysis) is 1. The first-order chi connectivity index (χ1) is 58.0. The molecule has 37 nitrogen and oxygen atoms in total. The summed E-state index contributed by atoms with van der Waals surface area (Å²) in [6.07, 6.45) is 2.23. The van der Waals surface area contributed by atoms with Crippen LogP contribution in [-0.4, -0.2) is 294 Å². The molecule has 666 valence electrons. The summed E-state index contributed by atoms with van der Waals surface area (Å²) in [7, 11) is 1.58. The number of imide groups is 1. The molecule has 0 radical (unpaired) electrons. The van der Waals surface area contributed by atoms with Gasteiger partial charge in [0.2, 0.25) is 17.7 Å². The van der Waals surface area contributed by atoms with Crippen molar-refractivity contribution in [2.45, 2.75) is 272 Å². The zero-order valence-corrected chi connectivity index (χ0v) is 69.3. The van der Waals surface area contributed by atoms with E-state index in [9.17, 15) is 48.3 Å². The number of carbonyl (C=O) groups excluding carboxylic acids is 9. The number of amides is 8. The molecule has 1 aromatic carbocycles. The maximum atomic E-state index is 14.6. The Morgan fingerprint density at radius 1 is 0.650 bits per heavy atom. The number of urea groups is 1. The zero-order valence-electron chi connectivity index (χ0n) is 69.3. The number of fused-ring (bicyclic) bond motifs is 8. The van der Waals surface area contributed by atoms with Gasteiger partial charge in [0.25, 0.3) is 11.8 Å². The number of hydroxylamine groups is 2. The van der Waals surface area contributed by atoms with Gasteiger partial charge >= 0.3 is 18.1 Å². The molecule has 1 aromatic heterocycles. The summed E-state index contributed by atoms with van der Waals surface area (Å²) >= 11 is 0. The Balaban J connectivity index is 0.536. The quantitative estimate of drug-likeness (QED) is 0.0284. The van der Waals surface area contributed by atoms with Crippen molar-refractivity contribution in [1.82, 2.24) is 41.3 Å². The van der Waals surface area contributed by atoms with Crippen LogP contribution >= 0.6 is 0 Å². The first-order valence-corrected chi connectivity index (χ1v) is 42.6. The van der Waals surface area contributed by atoms with E-state index in [0.717, 1.165) is 49.7 Å². The Labute approximate surface area is 698 Å². The highest BCUT2D eigenvalue weighted by Gasteiger charge is 2.66. The second-order valence-electron chi connectivity index (χ2n) is 33.0. The molecular formula is C83H122N10O27. The molecule has 0 aliphatic carbocycles. The van der Waals surface area contributed by atoms with Gasteiger partial charge in [-0.3, -0.25) is 28.8 Å². The van der Waals surface area contributed by atoms with Crippen molar-refractivity contribution in [1.29, 1.82) is 0 Å². The highest BCUT2D eigenvalue weighted by Crippen LogP contribution is 2.51. The summed E-state index contributed by atoms with van der Waals surface area (Å²) < 4.78 is 101. The maximum Gasteiger partial charge on any atom is 0.407 e. The predicted molar refractivity (Wildman–Crippen MR) is 421 cm³/mol. The van der Waals surface area contributed by atoms with Crippen LogP contribution in [-0.2, 0) is 134 Å². The molecule has 1 unspecified atom stereocenters. The number of Topliss-reactive ketones (excluding diaryl/α,β-unsaturated/α-hetero) is 1. The van der Waals surface area contributed by atoms with Gasteiger partial charge in [-0.25, -0.2) is 19.1 Å². The zero-order chi connectivity index (χ0) is 84.8. The largest absolute Gasteiger partial charge is 0.445 e. The summed E-state index contributed by atoms with van der Waals surface area (Å²) in [5, 5.41) is 33.8. The number of anilines is 1. The van der Waals surface area contributed by atoms with Crippen molar-refractivity contribution < 1.29 is 129 Å². The number of ketones is 1. The lowest BCUT2D eigenvalue weighted by Gasteiger charge is -2.47. The second kappa shape index (κ2) is 45.2. The smallest absolute Gasteiger partial charge is 0.407 e. The Kier molecular flexibility index (Phi) is 34.5. The number of methoxy groups -OCH3 is 1. The number of aliphatic hydroxyl groups is 1. The molecule has 37 heteroatoms. The van der Waals surface area contributed by atoms with Crippen LogP contribution in [0.5, 0.6) is 0 Å². The van der Waals surface area contributed by atoms with Crippen LogP contribution in [0.2, 0.25) is 0 Å². The molecule has 22 atom stereocenters. The molecule has 120 heavy (non-hydrogen) atoms. The van der Waals surface area contributed by atoms with Gasteiger partial charge < -0.3 is 118 Å². The number of primary amides is 1. The average molecular weight is 1690 g/mol. The summed E-state index contributed by atoms with van der Waals surface area (Å²) in [6, 6.07) is 3.61. The lowest BCUT2D eigenvalue weighted by atomic mass is 9.81. The van der Waals surface area contributed by atoms with Gasteiger partial charge in [-0.05, 0) is 105 Å². The van der Waals surface area contributed by atoms with E-state index in [4.69, 9.17) is 86.4 Å². The number of nitrogens with one attached hydrogen (secondary N) is 5. The summed E-state index contributed by atoms with van der Waals surface area (Å²) in [5.74, 6) is -4.07. The molecule has 10 fully saturated rings. The van der Waals surface area contributed by atoms with Gasteiger partial charge in [-0.2, -0.15) is 0 Å². The van der Waals surface area contributed by atoms with Crippen LogP contribution < -0.4 is 32.3 Å². The molecule has 12 rings (SSSR count). The molecule has 10 saturated heterocycles. The number of benzene rings is 1. The lowest BCUT2D eigenvalue weighted by Crippen LogP contribution is -2.62. The number of ether oxygens (including phenoxy) is 16. The van der Waals surface area contributed by atoms with Gasteiger partial charge in [-0.15, -0.1) is 10.2 Å². The van der Waals surface area contributed by atoms with Crippen molar-refractivity contribution in [3.63, 3.8) is 0 Å². The standard InChI is InChI=1S/C83H122N10O27/c1-47(2)72(89-68(96)21-25-105-28-31-108-33-30-107-27-24-92-43-53(90-91-92)45-110-35-34-109-32-29-106-26-22-71(99)120-93-69(97)19-20-70(93)98)81(101)88-61(8-7-23-85-82(84)102)80(100)87-52-11-9-51(10-12-52)44-112-83(103)86-42-55(95)40-67-73(104-6)59-39-54(94)38-58-15-18-64-75(115-58)76-78-79(118-64)77-74(119-78)60(46-111-76)63(117-77)17-14-57-37-49(4)62(113-57)16-13-56-36-48(3)50(5)65(114-56)41-66(59)116-67/h9-12,43,47-48,55-67,72-79,95H,4-5,7-8,13-42,44-46H2,1-3,6H3,(H,86,103)(H,87,100)(H,88,101)(H,89,96)(H3,84,85,102)/t48-,55+,56+,57+,58-,59+,60?,61+,62+,63-,64+,65-,66+,67-,72+,73-,74-,75+,76+,77+,78+,79+/m1/s1. The van der Waals surface area contributed by atoms with Crippen molar-refractivity contribution in [3.05, 3.63) is 66.0 Å². The van der Waals surface area contributed by atoms with Gasteiger partial charge in [0.15, 0.2) is 0 Å². The highest BCUT2D eigenvalue weighted by atomic mass is 16.7. The van der Waals surface area contributed by atoms with Gasteiger partial charge in [0.1, 0.15) is 60.7 Å². The van der Waals surface area contributed by atoms with E-state index in [1.165, 1.54) is 0 Å². The van der Waals surface area contributed by atoms with E-state index >= 15 is 0 Å². The number of nitrogens with zero attached hydrogens (tertiary/aromatic N) is 4. The number of hydrogen-bond acceptors (Lipinski definition) is 29. The molecule has 0 saturated carbocycles. The highest BCUT2D eigenvalue weighted by molar-refractivity contribution is 6.01. The molecule has 2 aromatic rings. The molecule has 10 bridgehead atoms. The molecule has 11 heterocycles. The molecule has 8 N–H and O–H groups in total. The van der Waals surface area contributed by atoms with Crippen LogP contribution in [0.25, 0.3) is 0 Å². The first-order valence-electron chi connectivity index (χ1n) is 42.6. The Morgan fingerprint density at radius 3 is 2.03 bits per heavy atom. The number of nitrogens with two attached hydrogens (primary N) is 1. The first kappa shape index (κ1) is 91.6. The minimum absolute atomic E-state index is 0.00699. The lowest BCUT2D eigenvalue weighted by molar-refractivity contribution is -0.265. The fourth-order valence-electron chi connectivity index (χ4n) is 17.6. The van der Waals surface area contributed by atoms with Crippen LogP contribution in [0.1, 0.15) is 148 Å². The van der Waals surface area contributed by atoms with Gasteiger partial charge in [0, 0.05) is 82.7 Å². The fourth-order valence-corrected chi connectivity index (χ4v) is 17.6. The SMILES string of the molecule is C=C1C[C@@H]2CC[C@H]3O[C@@H]4[C@@H]5O[C@H]6CC[C@H](CC(=O)C[C@@H]7[C@@H](OC)[C@@H](C[C@H](O)CNC(=O)OCc8ccc(NC(=O)[C@H](CCCNC(N)=O)NC(=O)[C@@H](NC(=O)CCOCCOCCOCCn9cc(COCCOCCOCCC(=O)ON%10C(=O)CCC%10=O)nn9)C(C)C)cc8)O[C@H]7C[C@H]7O[C@@H](CC[C@@H]1O2)C[C@@H](C)C7=C)O[C@@H]6[C@@H]1OCC3[C@H]4O[C@@H]15. The summed E-state index contributed by atoms with van der Waals surface area (Å²) in [6.45, 7) is 18.2. The molecule has 0 spiro atoms. The normalized spacial score (nSPS) is 30.4. The summed E-state index contributed by atoms with van der Waals surface area (Å²) in [5.41, 5.74) is 8.89. The third-order valence-electron chi connectivity index (χ3n) is 23.9. The number of rotatable bonds is 41. The van der Waals surface area contributed by atoms with E-state index in [2.05, 4.69) is 57.0 Å². The van der Waals surface area contributed by atoms with Crippen molar-refractivity contribution >= 4 is 59.1 Å². The fraction of sp³-hybridized carbons (Fsp3) is 0.747. The minimum atomic E-state index is -1.11. The van der Waals surface area contributed by atoms with E-state index < -0.39 is 96.2 Å². The van der Waals surface area contributed by atoms with Crippen LogP contribution in [0.3, 0.4) is 0 Å². The predicted octanol–water partition coefficient (Wildman–Crippen LogP) is 3.60. The van der Waals surface area contributed by atoms with Gasteiger partial charge in [0.05, 0.1) is 178 Å². The Bertz CT molecular complexity index is 3750. The number of aliphatic hydroxyl groups excluding tert-OH is 1. The minimum Gasteiger partial charge on any atom is -0.445 e. The molecular weight excluding hydrogens is 1570 g/mol. The van der Waals surface area contributed by atoms with Crippen molar-refractivity contribution in [2.24, 2.45) is 29.4 Å². The monoisotopic (exact) mass is 1690 g/mol. The van der Waals surface area contributed by atoms with E-state index in [-0.39, 0.29) is 221 Å². The maximum absolute atomic E-state index is 14.6. The number of hydrogen-bond donors (Lipinski definition) is 7. The Morgan fingerprint density at radius 2 is 1.31 bits per heavy atom. The van der Waals surface area contributed by atoms with E-state index in [1.807, 2.05) is 0 Å². The van der Waals surface area contributed by atoms with Gasteiger partial charge in [-0.1, -0.05) is 51.3 Å². The molecule has 10 aliphatic heterocycles.